The van der Waals surface area contributed by atoms with Crippen LogP contribution in [0.5, 0.6) is 0 Å². The molecule has 0 unspecified atom stereocenters. The van der Waals surface area contributed by atoms with Crippen molar-refractivity contribution in [2.75, 3.05) is 31.1 Å². The molecule has 1 amide bonds. The number of pyridine rings is 1. The van der Waals surface area contributed by atoms with Gasteiger partial charge in [0, 0.05) is 44.2 Å². The Labute approximate surface area is 154 Å². The molecule has 3 heterocycles. The van der Waals surface area contributed by atoms with Gasteiger partial charge < -0.3 is 14.2 Å². The molecule has 140 valence electrons. The van der Waals surface area contributed by atoms with E-state index in [4.69, 9.17) is 4.42 Å². The highest BCUT2D eigenvalue weighted by Gasteiger charge is 2.26. The van der Waals surface area contributed by atoms with E-state index in [2.05, 4.69) is 27.0 Å². The van der Waals surface area contributed by atoms with Crippen molar-refractivity contribution in [2.24, 2.45) is 5.92 Å². The van der Waals surface area contributed by atoms with Crippen molar-refractivity contribution < 1.29 is 9.21 Å². The van der Waals surface area contributed by atoms with Crippen molar-refractivity contribution in [3.63, 3.8) is 0 Å². The first-order valence-corrected chi connectivity index (χ1v) is 9.33. The van der Waals surface area contributed by atoms with E-state index in [1.807, 2.05) is 37.8 Å². The Kier molecular flexibility index (Phi) is 5.54. The van der Waals surface area contributed by atoms with E-state index in [1.54, 1.807) is 6.20 Å². The van der Waals surface area contributed by atoms with Gasteiger partial charge >= 0.3 is 0 Å². The fraction of sp³-hybridized carbons (Fsp3) is 0.579. The normalized spacial score (nSPS) is 16.2. The minimum atomic E-state index is 0.0832. The van der Waals surface area contributed by atoms with Crippen LogP contribution in [0.2, 0.25) is 0 Å². The molecule has 0 radical (unpaired) electrons. The van der Waals surface area contributed by atoms with E-state index in [1.165, 1.54) is 0 Å². The number of amides is 1. The van der Waals surface area contributed by atoms with Gasteiger partial charge in [-0.15, -0.1) is 10.2 Å². The molecule has 1 saturated heterocycles. The molecular weight excluding hydrogens is 330 g/mol. The summed E-state index contributed by atoms with van der Waals surface area (Å²) in [7, 11) is 0. The second kappa shape index (κ2) is 7.85. The maximum Gasteiger partial charge on any atom is 0.251 e. The maximum atomic E-state index is 12.4. The summed E-state index contributed by atoms with van der Waals surface area (Å²) in [5.74, 6) is 2.47. The minimum Gasteiger partial charge on any atom is -0.420 e. The zero-order chi connectivity index (χ0) is 18.7. The summed E-state index contributed by atoms with van der Waals surface area (Å²) in [6, 6.07) is 3.83. The van der Waals surface area contributed by atoms with Crippen LogP contribution in [0.25, 0.3) is 11.5 Å². The maximum absolute atomic E-state index is 12.4. The fourth-order valence-electron chi connectivity index (χ4n) is 3.02. The number of hydrogen-bond donors (Lipinski definition) is 0. The molecular formula is C19H27N5O2. The molecule has 0 aliphatic carbocycles. The molecule has 0 N–H and O–H groups in total. The summed E-state index contributed by atoms with van der Waals surface area (Å²) in [5.41, 5.74) is 0.841. The van der Waals surface area contributed by atoms with Gasteiger partial charge in [-0.2, -0.15) is 0 Å². The largest absolute Gasteiger partial charge is 0.420 e. The van der Waals surface area contributed by atoms with E-state index in [0.29, 0.717) is 24.9 Å². The number of piperazine rings is 1. The molecule has 1 aliphatic heterocycles. The first kappa shape index (κ1) is 18.4. The van der Waals surface area contributed by atoms with Gasteiger partial charge in [0.15, 0.2) is 0 Å². The lowest BCUT2D eigenvalue weighted by atomic mass is 10.1. The molecule has 7 heteroatoms. The highest BCUT2D eigenvalue weighted by molar-refractivity contribution is 5.79. The first-order valence-electron chi connectivity index (χ1n) is 9.33. The van der Waals surface area contributed by atoms with Gasteiger partial charge in [0.1, 0.15) is 5.82 Å². The molecule has 1 aliphatic rings. The van der Waals surface area contributed by atoms with E-state index in [9.17, 15) is 4.79 Å². The number of carbonyl (C=O) groups excluding carboxylic acids is 1. The zero-order valence-corrected chi connectivity index (χ0v) is 16.0. The van der Waals surface area contributed by atoms with Crippen molar-refractivity contribution in [3.8, 4) is 11.5 Å². The number of aromatic nitrogens is 3. The Morgan fingerprint density at radius 3 is 2.54 bits per heavy atom. The van der Waals surface area contributed by atoms with Gasteiger partial charge in [-0.05, 0) is 18.6 Å². The first-order chi connectivity index (χ1) is 12.5. The minimum absolute atomic E-state index is 0.0832. The molecule has 0 spiro atoms. The van der Waals surface area contributed by atoms with Gasteiger partial charge in [0.2, 0.25) is 11.8 Å². The van der Waals surface area contributed by atoms with Crippen LogP contribution in [0.15, 0.2) is 22.7 Å². The Hall–Kier alpha value is -2.44. The number of carbonyl (C=O) groups is 1. The second-order valence-electron chi connectivity index (χ2n) is 7.10. The molecule has 26 heavy (non-hydrogen) atoms. The molecule has 2 aromatic heterocycles. The summed E-state index contributed by atoms with van der Waals surface area (Å²) in [6.45, 7) is 11.0. The standard InChI is InChI=1S/C19H27N5O2/c1-5-14(4)19(25)24-11-9-23(10-12-24)16-15(7-6-8-20-16)18-22-21-17(26-18)13(2)3/h6-8,13-14H,5,9-12H2,1-4H3/t14-/m0/s1. The SMILES string of the molecule is CC[C@H](C)C(=O)N1CCN(c2ncccc2-c2nnc(C(C)C)o2)CC1. The third-order valence-corrected chi connectivity index (χ3v) is 4.88. The molecule has 1 atom stereocenters. The summed E-state index contributed by atoms with van der Waals surface area (Å²) >= 11 is 0. The summed E-state index contributed by atoms with van der Waals surface area (Å²) in [6.07, 6.45) is 2.65. The monoisotopic (exact) mass is 357 g/mol. The zero-order valence-electron chi connectivity index (χ0n) is 16.0. The average Bonchev–Trinajstić information content (AvgIpc) is 3.17. The van der Waals surface area contributed by atoms with Crippen LogP contribution in [0.4, 0.5) is 5.82 Å². The number of anilines is 1. The molecule has 2 aromatic rings. The fourth-order valence-corrected chi connectivity index (χ4v) is 3.02. The number of rotatable bonds is 5. The molecule has 0 saturated carbocycles. The third kappa shape index (κ3) is 3.71. The lowest BCUT2D eigenvalue weighted by Gasteiger charge is -2.37. The Morgan fingerprint density at radius 2 is 1.92 bits per heavy atom. The smallest absolute Gasteiger partial charge is 0.251 e. The molecule has 3 rings (SSSR count). The molecule has 0 bridgehead atoms. The van der Waals surface area contributed by atoms with E-state index in [0.717, 1.165) is 30.9 Å². The second-order valence-corrected chi connectivity index (χ2v) is 7.10. The van der Waals surface area contributed by atoms with Gasteiger partial charge in [0.25, 0.3) is 5.89 Å². The van der Waals surface area contributed by atoms with Crippen molar-refractivity contribution in [3.05, 3.63) is 24.2 Å². The van der Waals surface area contributed by atoms with Crippen molar-refractivity contribution in [1.82, 2.24) is 20.1 Å². The van der Waals surface area contributed by atoms with E-state index >= 15 is 0 Å². The van der Waals surface area contributed by atoms with Gasteiger partial charge in [-0.1, -0.05) is 27.7 Å². The predicted octanol–water partition coefficient (Wildman–Crippen LogP) is 2.95. The highest BCUT2D eigenvalue weighted by atomic mass is 16.4. The van der Waals surface area contributed by atoms with Gasteiger partial charge in [0.05, 0.1) is 5.56 Å². The lowest BCUT2D eigenvalue weighted by Crippen LogP contribution is -2.50. The van der Waals surface area contributed by atoms with Crippen LogP contribution in [-0.4, -0.2) is 52.2 Å². The number of nitrogens with zero attached hydrogens (tertiary/aromatic N) is 5. The van der Waals surface area contributed by atoms with Gasteiger partial charge in [-0.3, -0.25) is 4.79 Å². The predicted molar refractivity (Wildman–Crippen MR) is 99.9 cm³/mol. The molecule has 1 fully saturated rings. The van der Waals surface area contributed by atoms with Crippen molar-refractivity contribution in [1.29, 1.82) is 0 Å². The Morgan fingerprint density at radius 1 is 1.19 bits per heavy atom. The number of hydrogen-bond acceptors (Lipinski definition) is 6. The van der Waals surface area contributed by atoms with E-state index < -0.39 is 0 Å². The van der Waals surface area contributed by atoms with Crippen LogP contribution >= 0.6 is 0 Å². The Bertz CT molecular complexity index is 750. The van der Waals surface area contributed by atoms with Crippen LogP contribution in [0, 0.1) is 5.92 Å². The van der Waals surface area contributed by atoms with Crippen LogP contribution in [0.3, 0.4) is 0 Å². The quantitative estimate of drug-likeness (QED) is 0.819. The van der Waals surface area contributed by atoms with Crippen LogP contribution in [0.1, 0.15) is 45.9 Å². The lowest BCUT2D eigenvalue weighted by molar-refractivity contribution is -0.135. The van der Waals surface area contributed by atoms with Crippen LogP contribution in [-0.2, 0) is 4.79 Å². The Balaban J connectivity index is 1.76. The van der Waals surface area contributed by atoms with Crippen molar-refractivity contribution in [2.45, 2.75) is 40.0 Å². The molecule has 0 aromatic carbocycles. The third-order valence-electron chi connectivity index (χ3n) is 4.88. The highest BCUT2D eigenvalue weighted by Crippen LogP contribution is 2.29. The molecule has 7 nitrogen and oxygen atoms in total. The van der Waals surface area contributed by atoms with Crippen LogP contribution < -0.4 is 4.90 Å². The topological polar surface area (TPSA) is 75.4 Å². The summed E-state index contributed by atoms with van der Waals surface area (Å²) < 4.78 is 5.81. The van der Waals surface area contributed by atoms with Crippen molar-refractivity contribution >= 4 is 11.7 Å². The van der Waals surface area contributed by atoms with E-state index in [-0.39, 0.29) is 17.7 Å². The average molecular weight is 357 g/mol. The van der Waals surface area contributed by atoms with Gasteiger partial charge in [-0.25, -0.2) is 4.98 Å². The summed E-state index contributed by atoms with van der Waals surface area (Å²) in [4.78, 5) is 21.1. The summed E-state index contributed by atoms with van der Waals surface area (Å²) in [5, 5.41) is 8.32.